The molecule has 84 valence electrons. The number of carbonyl (C=O) groups excluding carboxylic acids is 1. The molecule has 0 aliphatic heterocycles. The second-order valence-electron chi connectivity index (χ2n) is 3.62. The first-order valence-corrected chi connectivity index (χ1v) is 5.71. The van der Waals surface area contributed by atoms with Crippen LogP contribution in [0.25, 0.3) is 0 Å². The van der Waals surface area contributed by atoms with E-state index in [0.29, 0.717) is 6.42 Å². The molecule has 0 fully saturated rings. The van der Waals surface area contributed by atoms with E-state index in [1.54, 1.807) is 0 Å². The molecule has 0 saturated heterocycles. The fourth-order valence-corrected chi connectivity index (χ4v) is 1.16. The van der Waals surface area contributed by atoms with Crippen molar-refractivity contribution in [1.82, 2.24) is 0 Å². The van der Waals surface area contributed by atoms with Crippen LogP contribution in [0.1, 0.15) is 46.5 Å². The second kappa shape index (κ2) is 8.22. The molecule has 0 heterocycles. The third kappa shape index (κ3) is 6.05. The highest BCUT2D eigenvalue weighted by Crippen LogP contribution is 2.08. The van der Waals surface area contributed by atoms with Crippen molar-refractivity contribution in [1.29, 1.82) is 0 Å². The maximum absolute atomic E-state index is 11.7. The van der Waals surface area contributed by atoms with Crippen molar-refractivity contribution in [3.05, 3.63) is 36.0 Å². The van der Waals surface area contributed by atoms with Crippen LogP contribution in [-0.4, -0.2) is 5.78 Å². The summed E-state index contributed by atoms with van der Waals surface area (Å²) in [5.74, 6) is 0.236. The molecule has 0 atom stereocenters. The minimum Gasteiger partial charge on any atom is -0.294 e. The van der Waals surface area contributed by atoms with Crippen molar-refractivity contribution in [3.8, 4) is 0 Å². The first-order chi connectivity index (χ1) is 7.15. The Bertz CT molecular complexity index is 269. The van der Waals surface area contributed by atoms with Gasteiger partial charge < -0.3 is 0 Å². The van der Waals surface area contributed by atoms with Gasteiger partial charge in [0.2, 0.25) is 0 Å². The number of Topliss-reactive ketones (excluding diaryl/α,β-unsaturated/α-hetero) is 1. The highest BCUT2D eigenvalue weighted by molar-refractivity contribution is 5.97. The lowest BCUT2D eigenvalue weighted by Crippen LogP contribution is -1.99. The van der Waals surface area contributed by atoms with Crippen molar-refractivity contribution in [2.45, 2.75) is 46.5 Å². The fourth-order valence-electron chi connectivity index (χ4n) is 1.16. The van der Waals surface area contributed by atoms with E-state index in [4.69, 9.17) is 0 Å². The van der Waals surface area contributed by atoms with Crippen LogP contribution in [0.15, 0.2) is 36.0 Å². The molecule has 0 saturated carbocycles. The minimum atomic E-state index is 0.236. The van der Waals surface area contributed by atoms with Crippen LogP contribution in [-0.2, 0) is 4.79 Å². The molecule has 1 heteroatoms. The van der Waals surface area contributed by atoms with Gasteiger partial charge in [-0.2, -0.15) is 0 Å². The van der Waals surface area contributed by atoms with E-state index < -0.39 is 0 Å². The Morgan fingerprint density at radius 1 is 1.27 bits per heavy atom. The molecular formula is C14H22O. The van der Waals surface area contributed by atoms with Crippen molar-refractivity contribution >= 4 is 5.78 Å². The largest absolute Gasteiger partial charge is 0.294 e. The third-order valence-electron chi connectivity index (χ3n) is 2.34. The van der Waals surface area contributed by atoms with Gasteiger partial charge in [0, 0.05) is 12.0 Å². The molecule has 0 N–H and O–H groups in total. The number of ketones is 1. The molecule has 0 unspecified atom stereocenters. The molecule has 0 aliphatic carbocycles. The van der Waals surface area contributed by atoms with E-state index >= 15 is 0 Å². The zero-order chi connectivity index (χ0) is 11.7. The van der Waals surface area contributed by atoms with Crippen LogP contribution >= 0.6 is 0 Å². The molecule has 0 rings (SSSR count). The van der Waals surface area contributed by atoms with E-state index in [9.17, 15) is 4.79 Å². The first kappa shape index (κ1) is 13.9. The molecule has 0 spiro atoms. The Kier molecular flexibility index (Phi) is 7.61. The molecular weight excluding hydrogens is 184 g/mol. The summed E-state index contributed by atoms with van der Waals surface area (Å²) >= 11 is 0. The van der Waals surface area contributed by atoms with Crippen LogP contribution in [0.3, 0.4) is 0 Å². The van der Waals surface area contributed by atoms with Crippen LogP contribution in [0, 0.1) is 0 Å². The zero-order valence-electron chi connectivity index (χ0n) is 10.2. The summed E-state index contributed by atoms with van der Waals surface area (Å²) in [4.78, 5) is 11.7. The third-order valence-corrected chi connectivity index (χ3v) is 2.34. The van der Waals surface area contributed by atoms with Gasteiger partial charge in [0.15, 0.2) is 5.78 Å². The van der Waals surface area contributed by atoms with Crippen LogP contribution in [0.2, 0.25) is 0 Å². The summed E-state index contributed by atoms with van der Waals surface area (Å²) in [5, 5.41) is 0. The number of unbranched alkanes of at least 4 members (excludes halogenated alkanes) is 1. The van der Waals surface area contributed by atoms with E-state index in [0.717, 1.165) is 30.4 Å². The normalized spacial score (nSPS) is 12.1. The highest BCUT2D eigenvalue weighted by atomic mass is 16.1. The molecule has 0 aromatic rings. The molecule has 0 aromatic carbocycles. The Labute approximate surface area is 93.6 Å². The second-order valence-corrected chi connectivity index (χ2v) is 3.62. The average Bonchev–Trinajstić information content (AvgIpc) is 2.26. The van der Waals surface area contributed by atoms with Crippen molar-refractivity contribution in [3.63, 3.8) is 0 Å². The summed E-state index contributed by atoms with van der Waals surface area (Å²) in [6, 6.07) is 0. The maximum Gasteiger partial charge on any atom is 0.162 e. The topological polar surface area (TPSA) is 17.1 Å². The lowest BCUT2D eigenvalue weighted by atomic mass is 10.0. The molecule has 0 aromatic heterocycles. The van der Waals surface area contributed by atoms with Crippen LogP contribution < -0.4 is 0 Å². The van der Waals surface area contributed by atoms with Gasteiger partial charge in [0.05, 0.1) is 0 Å². The Morgan fingerprint density at radius 2 is 1.93 bits per heavy atom. The van der Waals surface area contributed by atoms with Crippen molar-refractivity contribution in [2.24, 2.45) is 0 Å². The standard InChI is InChI=1S/C14H22O/c1-5-8-9-14(15)13(7-3)11-10-12(4)6-2/h7,10-11H,4-6,8-9H2,1-3H3/b11-10-,13-7+. The van der Waals surface area contributed by atoms with Gasteiger partial charge in [0.1, 0.15) is 0 Å². The predicted molar refractivity (Wildman–Crippen MR) is 66.9 cm³/mol. The molecule has 1 nitrogen and oxygen atoms in total. The van der Waals surface area contributed by atoms with Gasteiger partial charge in [-0.15, -0.1) is 0 Å². The number of hydrogen-bond donors (Lipinski definition) is 0. The molecule has 0 aliphatic rings. The Hall–Kier alpha value is -1.11. The predicted octanol–water partition coefficient (Wildman–Crippen LogP) is 4.21. The van der Waals surface area contributed by atoms with Crippen LogP contribution in [0.5, 0.6) is 0 Å². The van der Waals surface area contributed by atoms with E-state index in [-0.39, 0.29) is 5.78 Å². The zero-order valence-corrected chi connectivity index (χ0v) is 10.2. The summed E-state index contributed by atoms with van der Waals surface area (Å²) in [5.41, 5.74) is 1.86. The summed E-state index contributed by atoms with van der Waals surface area (Å²) in [7, 11) is 0. The molecule has 0 bridgehead atoms. The van der Waals surface area contributed by atoms with E-state index in [1.165, 1.54) is 0 Å². The first-order valence-electron chi connectivity index (χ1n) is 5.71. The minimum absolute atomic E-state index is 0.236. The summed E-state index contributed by atoms with van der Waals surface area (Å²) in [6.45, 7) is 9.93. The molecule has 0 radical (unpaired) electrons. The van der Waals surface area contributed by atoms with Gasteiger partial charge in [-0.1, -0.05) is 50.6 Å². The van der Waals surface area contributed by atoms with Gasteiger partial charge in [-0.05, 0) is 19.8 Å². The van der Waals surface area contributed by atoms with Crippen molar-refractivity contribution in [2.75, 3.05) is 0 Å². The average molecular weight is 206 g/mol. The Balaban J connectivity index is 4.32. The summed E-state index contributed by atoms with van der Waals surface area (Å²) < 4.78 is 0. The quantitative estimate of drug-likeness (QED) is 0.450. The number of rotatable bonds is 7. The highest BCUT2D eigenvalue weighted by Gasteiger charge is 2.04. The number of allylic oxidation sites excluding steroid dienone is 5. The van der Waals surface area contributed by atoms with Crippen molar-refractivity contribution < 1.29 is 4.79 Å². The van der Waals surface area contributed by atoms with Gasteiger partial charge in [-0.25, -0.2) is 0 Å². The molecule has 0 amide bonds. The lowest BCUT2D eigenvalue weighted by molar-refractivity contribution is -0.115. The monoisotopic (exact) mass is 206 g/mol. The number of carbonyl (C=O) groups is 1. The van der Waals surface area contributed by atoms with E-state index in [2.05, 4.69) is 20.4 Å². The van der Waals surface area contributed by atoms with Gasteiger partial charge >= 0.3 is 0 Å². The lowest BCUT2D eigenvalue weighted by Gasteiger charge is -2.00. The van der Waals surface area contributed by atoms with Gasteiger partial charge in [-0.3, -0.25) is 4.79 Å². The smallest absolute Gasteiger partial charge is 0.162 e. The Morgan fingerprint density at radius 3 is 2.40 bits per heavy atom. The van der Waals surface area contributed by atoms with E-state index in [1.807, 2.05) is 25.2 Å². The SMILES string of the molecule is C=C(/C=C\C(=C/C)C(=O)CCCC)CC. The van der Waals surface area contributed by atoms with Gasteiger partial charge in [0.25, 0.3) is 0 Å². The number of hydrogen-bond acceptors (Lipinski definition) is 1. The fraction of sp³-hybridized carbons (Fsp3) is 0.500. The molecule has 15 heavy (non-hydrogen) atoms. The maximum atomic E-state index is 11.7. The summed E-state index contributed by atoms with van der Waals surface area (Å²) in [6.07, 6.45) is 9.29. The van der Waals surface area contributed by atoms with Crippen LogP contribution in [0.4, 0.5) is 0 Å².